The van der Waals surface area contributed by atoms with Gasteiger partial charge in [0.2, 0.25) is 0 Å². The van der Waals surface area contributed by atoms with Gasteiger partial charge in [-0.15, -0.1) is 0 Å². The highest BCUT2D eigenvalue weighted by Crippen LogP contribution is 2.44. The number of nitrogens with one attached hydrogen (secondary N) is 2. The van der Waals surface area contributed by atoms with Crippen LogP contribution in [0.1, 0.15) is 54.7 Å². The topological polar surface area (TPSA) is 68.2 Å². The quantitative estimate of drug-likeness (QED) is 0.799. The molecule has 3 atom stereocenters. The zero-order valence-electron chi connectivity index (χ0n) is 15.9. The molecule has 3 rings (SSSR count). The van der Waals surface area contributed by atoms with Crippen LogP contribution in [0.15, 0.2) is 30.5 Å². The van der Waals surface area contributed by atoms with Crippen molar-refractivity contribution in [1.29, 1.82) is 0 Å². The number of hydrogen-bond donors (Lipinski definition) is 2. The lowest BCUT2D eigenvalue weighted by Gasteiger charge is -2.34. The smallest absolute Gasteiger partial charge is 0.410 e. The van der Waals surface area contributed by atoms with Crippen molar-refractivity contribution in [3.63, 3.8) is 0 Å². The minimum absolute atomic E-state index is 0.0715. The Kier molecular flexibility index (Phi) is 5.53. The molecular weight excluding hydrogens is 373 g/mol. The summed E-state index contributed by atoms with van der Waals surface area (Å²) < 4.78 is 47.2. The van der Waals surface area contributed by atoms with Crippen molar-refractivity contribution in [2.45, 2.75) is 51.0 Å². The Morgan fingerprint density at radius 3 is 2.86 bits per heavy atom. The van der Waals surface area contributed by atoms with E-state index in [0.717, 1.165) is 4.68 Å². The van der Waals surface area contributed by atoms with Crippen LogP contribution >= 0.6 is 0 Å². The second kappa shape index (κ2) is 7.73. The van der Waals surface area contributed by atoms with Gasteiger partial charge in [0, 0.05) is 12.5 Å². The summed E-state index contributed by atoms with van der Waals surface area (Å²) in [5, 5.41) is 9.72. The molecule has 1 aliphatic heterocycles. The van der Waals surface area contributed by atoms with E-state index in [1.807, 2.05) is 13.8 Å². The van der Waals surface area contributed by atoms with Gasteiger partial charge in [0.15, 0.2) is 6.04 Å². The fraction of sp³-hybridized carbons (Fsp3) is 0.474. The molecule has 1 aromatic carbocycles. The number of ether oxygens (including phenoxy) is 1. The van der Waals surface area contributed by atoms with E-state index in [0.29, 0.717) is 17.7 Å². The molecule has 152 valence electrons. The number of aromatic nitrogens is 2. The molecule has 0 aliphatic carbocycles. The van der Waals surface area contributed by atoms with E-state index in [9.17, 15) is 18.0 Å². The van der Waals surface area contributed by atoms with Crippen molar-refractivity contribution in [1.82, 2.24) is 15.1 Å². The summed E-state index contributed by atoms with van der Waals surface area (Å²) in [5.74, 6) is 0.175. The maximum Gasteiger partial charge on any atom is 0.410 e. The van der Waals surface area contributed by atoms with Gasteiger partial charge in [-0.25, -0.2) is 4.68 Å². The van der Waals surface area contributed by atoms with Crippen molar-refractivity contribution in [3.05, 3.63) is 41.6 Å². The zero-order chi connectivity index (χ0) is 20.5. The average molecular weight is 396 g/mol. The second-order valence-electron chi connectivity index (χ2n) is 6.90. The van der Waals surface area contributed by atoms with E-state index in [2.05, 4.69) is 15.7 Å². The van der Waals surface area contributed by atoms with Gasteiger partial charge in [0.1, 0.15) is 17.1 Å². The first kappa shape index (κ1) is 20.0. The van der Waals surface area contributed by atoms with Crippen molar-refractivity contribution in [3.8, 4) is 5.75 Å². The zero-order valence-corrected chi connectivity index (χ0v) is 15.9. The number of carbonyl (C=O) groups is 1. The van der Waals surface area contributed by atoms with E-state index in [-0.39, 0.29) is 23.8 Å². The maximum absolute atomic E-state index is 13.7. The number of alkyl halides is 3. The number of halogens is 3. The summed E-state index contributed by atoms with van der Waals surface area (Å²) in [6.45, 7) is 3.74. The molecule has 0 bridgehead atoms. The third kappa shape index (κ3) is 3.93. The molecule has 28 heavy (non-hydrogen) atoms. The van der Waals surface area contributed by atoms with E-state index in [1.165, 1.54) is 13.3 Å². The Labute approximate surface area is 161 Å². The van der Waals surface area contributed by atoms with Gasteiger partial charge in [-0.1, -0.05) is 19.1 Å². The fourth-order valence-electron chi connectivity index (χ4n) is 3.21. The summed E-state index contributed by atoms with van der Waals surface area (Å²) in [6.07, 6.45) is -2.84. The molecule has 0 unspecified atom stereocenters. The summed E-state index contributed by atoms with van der Waals surface area (Å²) in [7, 11) is 1.50. The number of amides is 1. The second-order valence-corrected chi connectivity index (χ2v) is 6.90. The number of fused-ring (bicyclic) bond motifs is 1. The van der Waals surface area contributed by atoms with Gasteiger partial charge in [0.05, 0.1) is 19.3 Å². The monoisotopic (exact) mass is 396 g/mol. The number of carbonyl (C=O) groups excluding carboxylic acids is 1. The number of rotatable bonds is 5. The highest BCUT2D eigenvalue weighted by atomic mass is 19.4. The average Bonchev–Trinajstić information content (AvgIpc) is 3.10. The highest BCUT2D eigenvalue weighted by Gasteiger charge is 2.47. The Bertz CT molecular complexity index is 850. The molecule has 0 saturated carbocycles. The summed E-state index contributed by atoms with van der Waals surface area (Å²) in [5.41, 5.74) is 0.747. The molecule has 1 amide bonds. The van der Waals surface area contributed by atoms with Crippen LogP contribution in [0, 0.1) is 0 Å². The Morgan fingerprint density at radius 2 is 2.21 bits per heavy atom. The summed E-state index contributed by atoms with van der Waals surface area (Å²) >= 11 is 0. The SMILES string of the molecule is CC[C@@H](C)NC(=O)c1cnn2c1N[C@H](c1cccc(OC)c1)C[C@H]2C(F)(F)F. The predicted octanol–water partition coefficient (Wildman–Crippen LogP) is 4.08. The van der Waals surface area contributed by atoms with Gasteiger partial charge >= 0.3 is 6.18 Å². The molecule has 1 aromatic heterocycles. The van der Waals surface area contributed by atoms with Crippen LogP contribution in [0.25, 0.3) is 0 Å². The first-order valence-corrected chi connectivity index (χ1v) is 9.10. The molecule has 2 heterocycles. The van der Waals surface area contributed by atoms with Gasteiger partial charge in [0.25, 0.3) is 5.91 Å². The van der Waals surface area contributed by atoms with Crippen LogP contribution in [0.3, 0.4) is 0 Å². The first-order valence-electron chi connectivity index (χ1n) is 9.10. The minimum Gasteiger partial charge on any atom is -0.497 e. The largest absolute Gasteiger partial charge is 0.497 e. The number of anilines is 1. The molecule has 2 aromatic rings. The van der Waals surface area contributed by atoms with Gasteiger partial charge in [-0.3, -0.25) is 4.79 Å². The number of hydrogen-bond acceptors (Lipinski definition) is 4. The van der Waals surface area contributed by atoms with Crippen LogP contribution in [0.2, 0.25) is 0 Å². The molecule has 0 fully saturated rings. The van der Waals surface area contributed by atoms with E-state index in [1.54, 1.807) is 24.3 Å². The molecule has 0 radical (unpaired) electrons. The van der Waals surface area contributed by atoms with Crippen molar-refractivity contribution in [2.75, 3.05) is 12.4 Å². The molecule has 0 saturated heterocycles. The number of nitrogens with zero attached hydrogens (tertiary/aromatic N) is 2. The van der Waals surface area contributed by atoms with Crippen LogP contribution in [0.4, 0.5) is 19.0 Å². The van der Waals surface area contributed by atoms with Gasteiger partial charge in [-0.05, 0) is 31.0 Å². The van der Waals surface area contributed by atoms with Crippen LogP contribution in [-0.2, 0) is 0 Å². The fourth-order valence-corrected chi connectivity index (χ4v) is 3.21. The lowest BCUT2D eigenvalue weighted by atomic mass is 9.96. The Balaban J connectivity index is 1.99. The lowest BCUT2D eigenvalue weighted by Crippen LogP contribution is -2.37. The highest BCUT2D eigenvalue weighted by molar-refractivity contribution is 5.99. The molecular formula is C19H23F3N4O2. The third-order valence-corrected chi connectivity index (χ3v) is 4.97. The van der Waals surface area contributed by atoms with Gasteiger partial charge < -0.3 is 15.4 Å². The Morgan fingerprint density at radius 1 is 1.46 bits per heavy atom. The predicted molar refractivity (Wildman–Crippen MR) is 98.5 cm³/mol. The number of benzene rings is 1. The van der Waals surface area contributed by atoms with E-state index < -0.39 is 24.2 Å². The van der Waals surface area contributed by atoms with Crippen LogP contribution < -0.4 is 15.4 Å². The van der Waals surface area contributed by atoms with Crippen LogP contribution in [0.5, 0.6) is 5.75 Å². The van der Waals surface area contributed by atoms with E-state index >= 15 is 0 Å². The van der Waals surface area contributed by atoms with Crippen molar-refractivity contribution < 1.29 is 22.7 Å². The molecule has 6 nitrogen and oxygen atoms in total. The van der Waals surface area contributed by atoms with Crippen molar-refractivity contribution >= 4 is 11.7 Å². The lowest BCUT2D eigenvalue weighted by molar-refractivity contribution is -0.173. The summed E-state index contributed by atoms with van der Waals surface area (Å²) in [6, 6.07) is 4.31. The third-order valence-electron chi connectivity index (χ3n) is 4.97. The maximum atomic E-state index is 13.7. The van der Waals surface area contributed by atoms with Crippen LogP contribution in [-0.4, -0.2) is 35.0 Å². The minimum atomic E-state index is -4.50. The standard InChI is InChI=1S/C19H23F3N4O2/c1-4-11(2)24-18(27)14-10-23-26-16(19(20,21)22)9-15(25-17(14)26)12-6-5-7-13(8-12)28-3/h5-8,10-11,15-16,25H,4,9H2,1-3H3,(H,24,27)/t11-,15+,16+/m1/s1. The van der Waals surface area contributed by atoms with Crippen molar-refractivity contribution in [2.24, 2.45) is 0 Å². The molecule has 9 heteroatoms. The molecule has 2 N–H and O–H groups in total. The van der Waals surface area contributed by atoms with E-state index in [4.69, 9.17) is 4.74 Å². The van der Waals surface area contributed by atoms with Gasteiger partial charge in [-0.2, -0.15) is 18.3 Å². The first-order chi connectivity index (χ1) is 13.2. The molecule has 0 spiro atoms. The number of methoxy groups -OCH3 is 1. The molecule has 1 aliphatic rings. The Hall–Kier alpha value is -2.71. The normalized spacial score (nSPS) is 20.1. The summed E-state index contributed by atoms with van der Waals surface area (Å²) in [4.78, 5) is 12.5.